The second-order valence-electron chi connectivity index (χ2n) is 9.08. The Morgan fingerprint density at radius 2 is 1.80 bits per heavy atom. The molecule has 2 N–H and O–H groups in total. The minimum Gasteiger partial charge on any atom is -0.456 e. The third kappa shape index (κ3) is 3.76. The van der Waals surface area contributed by atoms with Crippen molar-refractivity contribution in [3.8, 4) is 0 Å². The first-order valence-electron chi connectivity index (χ1n) is 12.1. The van der Waals surface area contributed by atoms with Crippen LogP contribution in [0.1, 0.15) is 24.3 Å². The lowest BCUT2D eigenvalue weighted by molar-refractivity contribution is 0.643. The molecule has 3 unspecified atom stereocenters. The fraction of sp³-hybridized carbons (Fsp3) is 0.161. The molecule has 172 valence electrons. The van der Waals surface area contributed by atoms with Crippen molar-refractivity contribution in [3.05, 3.63) is 119 Å². The summed E-state index contributed by atoms with van der Waals surface area (Å²) in [5.74, 6) is 0.921. The number of benzene rings is 2. The summed E-state index contributed by atoms with van der Waals surface area (Å²) in [6.07, 6.45) is 20.9. The molecule has 0 spiro atoms. The van der Waals surface area contributed by atoms with Crippen molar-refractivity contribution in [1.82, 2.24) is 0 Å². The quantitative estimate of drug-likeness (QED) is 0.341. The Morgan fingerprint density at radius 1 is 0.971 bits per heavy atom. The molecule has 3 aliphatic carbocycles. The van der Waals surface area contributed by atoms with Gasteiger partial charge in [0.25, 0.3) is 0 Å². The highest BCUT2D eigenvalue weighted by Crippen LogP contribution is 2.45. The SMILES string of the molecule is C=NC(=NC(N)C1=CC=CC2C1=CC=CC2c1cccc2oc3ccccc3c12)C1=CCCC=C1. The second kappa shape index (κ2) is 8.97. The second-order valence-corrected chi connectivity index (χ2v) is 9.08. The van der Waals surface area contributed by atoms with Crippen molar-refractivity contribution in [1.29, 1.82) is 0 Å². The Morgan fingerprint density at radius 3 is 2.66 bits per heavy atom. The standard InChI is InChI=1S/C31H27N3O/c1-33-31(20-10-3-2-4-11-20)34-30(32)25-17-8-13-21-22(14-7-15-23(21)25)24-16-9-19-28-29(24)26-12-5-6-18-27(26)35-28/h3,5-19,21-22,30H,1-2,4,32H2. The molecule has 35 heavy (non-hydrogen) atoms. The lowest BCUT2D eigenvalue weighted by atomic mass is 9.72. The van der Waals surface area contributed by atoms with Crippen LogP contribution in [0.5, 0.6) is 0 Å². The van der Waals surface area contributed by atoms with Crippen LogP contribution in [0.3, 0.4) is 0 Å². The van der Waals surface area contributed by atoms with Crippen LogP contribution >= 0.6 is 0 Å². The summed E-state index contributed by atoms with van der Waals surface area (Å²) < 4.78 is 6.16. The van der Waals surface area contributed by atoms with Gasteiger partial charge in [0.1, 0.15) is 17.3 Å². The van der Waals surface area contributed by atoms with Crippen molar-refractivity contribution in [3.63, 3.8) is 0 Å². The van der Waals surface area contributed by atoms with Crippen molar-refractivity contribution in [2.45, 2.75) is 24.9 Å². The first kappa shape index (κ1) is 21.5. The first-order valence-corrected chi connectivity index (χ1v) is 12.1. The molecule has 0 bridgehead atoms. The number of amidine groups is 1. The van der Waals surface area contributed by atoms with Gasteiger partial charge in [0.15, 0.2) is 5.84 Å². The van der Waals surface area contributed by atoms with Gasteiger partial charge in [-0.05, 0) is 48.4 Å². The summed E-state index contributed by atoms with van der Waals surface area (Å²) in [4.78, 5) is 8.96. The predicted octanol–water partition coefficient (Wildman–Crippen LogP) is 6.94. The van der Waals surface area contributed by atoms with Gasteiger partial charge in [-0.1, -0.05) is 85.0 Å². The zero-order chi connectivity index (χ0) is 23.8. The van der Waals surface area contributed by atoms with E-state index < -0.39 is 6.17 Å². The van der Waals surface area contributed by atoms with Gasteiger partial charge in [-0.15, -0.1) is 0 Å². The molecule has 1 heterocycles. The monoisotopic (exact) mass is 457 g/mol. The number of furan rings is 1. The first-order chi connectivity index (χ1) is 17.2. The third-order valence-electron chi connectivity index (χ3n) is 7.04. The number of hydrogen-bond donors (Lipinski definition) is 1. The molecule has 0 saturated carbocycles. The average Bonchev–Trinajstić information content (AvgIpc) is 3.30. The van der Waals surface area contributed by atoms with Gasteiger partial charge in [0.05, 0.1) is 0 Å². The normalized spacial score (nSPS) is 22.5. The summed E-state index contributed by atoms with van der Waals surface area (Å²) in [5, 5.41) is 2.33. The van der Waals surface area contributed by atoms with Crippen LogP contribution < -0.4 is 5.73 Å². The van der Waals surface area contributed by atoms with Crippen LogP contribution in [0.4, 0.5) is 0 Å². The van der Waals surface area contributed by atoms with Crippen LogP contribution in [-0.4, -0.2) is 18.7 Å². The van der Waals surface area contributed by atoms with Crippen LogP contribution in [-0.2, 0) is 0 Å². The molecule has 3 aromatic rings. The van der Waals surface area contributed by atoms with E-state index in [0.717, 1.165) is 40.5 Å². The smallest absolute Gasteiger partial charge is 0.155 e. The Hall–Kier alpha value is -4.02. The van der Waals surface area contributed by atoms with Crippen LogP contribution in [0.2, 0.25) is 0 Å². The molecular formula is C31H27N3O. The van der Waals surface area contributed by atoms with E-state index in [-0.39, 0.29) is 11.8 Å². The van der Waals surface area contributed by atoms with Gasteiger partial charge in [-0.2, -0.15) is 0 Å². The Labute approximate surface area is 204 Å². The zero-order valence-electron chi connectivity index (χ0n) is 19.5. The molecule has 2 aromatic carbocycles. The molecule has 3 aliphatic rings. The highest BCUT2D eigenvalue weighted by molar-refractivity contribution is 6.07. The molecule has 0 amide bonds. The molecule has 0 saturated heterocycles. The summed E-state index contributed by atoms with van der Waals surface area (Å²) in [5.41, 5.74) is 12.9. The highest BCUT2D eigenvalue weighted by atomic mass is 16.3. The van der Waals surface area contributed by atoms with Gasteiger partial charge in [0.2, 0.25) is 0 Å². The molecule has 1 aromatic heterocycles. The summed E-state index contributed by atoms with van der Waals surface area (Å²) in [6, 6.07) is 14.6. The molecule has 4 nitrogen and oxygen atoms in total. The lowest BCUT2D eigenvalue weighted by Crippen LogP contribution is -2.28. The van der Waals surface area contributed by atoms with Crippen molar-refractivity contribution in [2.24, 2.45) is 21.6 Å². The number of nitrogens with two attached hydrogens (primary N) is 1. The number of fused-ring (bicyclic) bond motifs is 4. The van der Waals surface area contributed by atoms with Crippen LogP contribution in [0.25, 0.3) is 21.9 Å². The fourth-order valence-electron chi connectivity index (χ4n) is 5.42. The van der Waals surface area contributed by atoms with Crippen LogP contribution in [0, 0.1) is 5.92 Å². The summed E-state index contributed by atoms with van der Waals surface area (Å²) in [6.45, 7) is 3.74. The predicted molar refractivity (Wildman–Crippen MR) is 146 cm³/mol. The summed E-state index contributed by atoms with van der Waals surface area (Å²) >= 11 is 0. The number of para-hydroxylation sites is 1. The Bertz CT molecular complexity index is 1540. The maximum absolute atomic E-state index is 6.66. The van der Waals surface area contributed by atoms with E-state index in [4.69, 9.17) is 15.1 Å². The highest BCUT2D eigenvalue weighted by Gasteiger charge is 2.31. The lowest BCUT2D eigenvalue weighted by Gasteiger charge is -2.32. The van der Waals surface area contributed by atoms with Gasteiger partial charge >= 0.3 is 0 Å². The van der Waals surface area contributed by atoms with Crippen LogP contribution in [0.15, 0.2) is 128 Å². The van der Waals surface area contributed by atoms with Crippen molar-refractivity contribution < 1.29 is 4.42 Å². The van der Waals surface area contributed by atoms with E-state index in [0.29, 0.717) is 5.84 Å². The molecule has 0 aliphatic heterocycles. The maximum atomic E-state index is 6.66. The van der Waals surface area contributed by atoms with Gasteiger partial charge < -0.3 is 10.2 Å². The molecule has 0 fully saturated rings. The van der Waals surface area contributed by atoms with Crippen molar-refractivity contribution in [2.75, 3.05) is 0 Å². The van der Waals surface area contributed by atoms with E-state index in [2.05, 4.69) is 90.7 Å². The van der Waals surface area contributed by atoms with Gasteiger partial charge in [0, 0.05) is 28.2 Å². The molecule has 0 radical (unpaired) electrons. The molecule has 6 rings (SSSR count). The Kier molecular flexibility index (Phi) is 5.51. The number of aliphatic imine (C=N–C) groups is 2. The van der Waals surface area contributed by atoms with E-state index in [1.54, 1.807) is 0 Å². The Balaban J connectivity index is 1.37. The van der Waals surface area contributed by atoms with Crippen molar-refractivity contribution >= 4 is 34.5 Å². The number of hydrogen-bond acceptors (Lipinski definition) is 3. The van der Waals surface area contributed by atoms with Gasteiger partial charge in [-0.25, -0.2) is 9.98 Å². The maximum Gasteiger partial charge on any atom is 0.155 e. The van der Waals surface area contributed by atoms with E-state index in [9.17, 15) is 0 Å². The van der Waals surface area contributed by atoms with Gasteiger partial charge in [-0.3, -0.25) is 0 Å². The summed E-state index contributed by atoms with van der Waals surface area (Å²) in [7, 11) is 0. The topological polar surface area (TPSA) is 63.9 Å². The largest absolute Gasteiger partial charge is 0.456 e. The van der Waals surface area contributed by atoms with E-state index >= 15 is 0 Å². The third-order valence-corrected chi connectivity index (χ3v) is 7.04. The molecular weight excluding hydrogens is 430 g/mol. The van der Waals surface area contributed by atoms with E-state index in [1.165, 1.54) is 16.5 Å². The zero-order valence-corrected chi connectivity index (χ0v) is 19.5. The van der Waals surface area contributed by atoms with E-state index in [1.807, 2.05) is 18.2 Å². The fourth-order valence-corrected chi connectivity index (χ4v) is 5.42. The minimum atomic E-state index is -0.525. The average molecular weight is 458 g/mol. The molecule has 4 heteroatoms. The number of allylic oxidation sites excluding steroid dienone is 8. The minimum absolute atomic E-state index is 0.162. The number of nitrogens with zero attached hydrogens (tertiary/aromatic N) is 2. The number of rotatable bonds is 4. The molecule has 3 atom stereocenters.